The van der Waals surface area contributed by atoms with Crippen LogP contribution in [-0.2, 0) is 9.53 Å². The van der Waals surface area contributed by atoms with Gasteiger partial charge in [0.2, 0.25) is 5.91 Å². The third-order valence-corrected chi connectivity index (χ3v) is 6.39. The van der Waals surface area contributed by atoms with Crippen LogP contribution in [-0.4, -0.2) is 48.9 Å². The molecule has 1 atom stereocenters. The second kappa shape index (κ2) is 9.13. The van der Waals surface area contributed by atoms with Crippen LogP contribution in [0, 0.1) is 0 Å². The predicted octanol–water partition coefficient (Wildman–Crippen LogP) is 4.04. The van der Waals surface area contributed by atoms with E-state index in [2.05, 4.69) is 17.4 Å². The number of aromatic carboxylic acids is 1. The molecule has 3 aromatic rings. The molecule has 35 heavy (non-hydrogen) atoms. The molecule has 0 saturated heterocycles. The van der Waals surface area contributed by atoms with E-state index in [1.54, 1.807) is 19.1 Å². The summed E-state index contributed by atoms with van der Waals surface area (Å²) in [5.74, 6) is -1.46. The number of carboxylic acids is 1. The number of amides is 2. The lowest BCUT2D eigenvalue weighted by Gasteiger charge is -2.32. The number of anilines is 1. The smallest absolute Gasteiger partial charge is 0.407 e. The van der Waals surface area contributed by atoms with E-state index in [1.807, 2.05) is 36.4 Å². The molecule has 0 aromatic heterocycles. The summed E-state index contributed by atoms with van der Waals surface area (Å²) in [6.07, 6.45) is -0.694. The van der Waals surface area contributed by atoms with Crippen molar-refractivity contribution in [3.05, 3.63) is 83.4 Å². The summed E-state index contributed by atoms with van der Waals surface area (Å²) in [6.45, 7) is 2.11. The van der Waals surface area contributed by atoms with E-state index in [1.165, 1.54) is 11.0 Å². The molecular formula is C27H24N2O6. The van der Waals surface area contributed by atoms with Gasteiger partial charge in [-0.05, 0) is 41.3 Å². The van der Waals surface area contributed by atoms with Crippen molar-refractivity contribution in [1.29, 1.82) is 0 Å². The van der Waals surface area contributed by atoms with E-state index in [0.717, 1.165) is 22.3 Å². The van der Waals surface area contributed by atoms with E-state index in [9.17, 15) is 19.5 Å². The summed E-state index contributed by atoms with van der Waals surface area (Å²) >= 11 is 0. The lowest BCUT2D eigenvalue weighted by atomic mass is 9.98. The Labute approximate surface area is 202 Å². The first kappa shape index (κ1) is 22.5. The zero-order chi connectivity index (χ0) is 24.5. The molecule has 1 aliphatic carbocycles. The van der Waals surface area contributed by atoms with Gasteiger partial charge in [-0.15, -0.1) is 0 Å². The number of hydrogen-bond donors (Lipinski definition) is 2. The van der Waals surface area contributed by atoms with Crippen molar-refractivity contribution in [3.8, 4) is 16.9 Å². The predicted molar refractivity (Wildman–Crippen MR) is 129 cm³/mol. The fourth-order valence-corrected chi connectivity index (χ4v) is 4.76. The quantitative estimate of drug-likeness (QED) is 0.581. The van der Waals surface area contributed by atoms with Crippen LogP contribution in [0.15, 0.2) is 66.7 Å². The Morgan fingerprint density at radius 1 is 1.03 bits per heavy atom. The third kappa shape index (κ3) is 4.07. The van der Waals surface area contributed by atoms with Gasteiger partial charge in [0.25, 0.3) is 0 Å². The SMILES string of the molecule is C[C@@H](NC(=O)OCC1c2ccccc2-c2ccccc21)C(=O)N1CCOc2c(C(=O)O)cccc21. The number of carbonyl (C=O) groups is 3. The molecule has 0 spiro atoms. The van der Waals surface area contributed by atoms with Crippen molar-refractivity contribution in [2.75, 3.05) is 24.7 Å². The van der Waals surface area contributed by atoms with Gasteiger partial charge in [-0.1, -0.05) is 54.6 Å². The minimum Gasteiger partial charge on any atom is -0.489 e. The molecule has 1 heterocycles. The Morgan fingerprint density at radius 3 is 2.34 bits per heavy atom. The molecule has 178 valence electrons. The van der Waals surface area contributed by atoms with Gasteiger partial charge in [0, 0.05) is 5.92 Å². The van der Waals surface area contributed by atoms with E-state index < -0.39 is 18.1 Å². The van der Waals surface area contributed by atoms with E-state index in [4.69, 9.17) is 9.47 Å². The second-order valence-electron chi connectivity index (χ2n) is 8.49. The molecule has 0 saturated carbocycles. The van der Waals surface area contributed by atoms with Gasteiger partial charge in [0.05, 0.1) is 12.2 Å². The fourth-order valence-electron chi connectivity index (χ4n) is 4.76. The largest absolute Gasteiger partial charge is 0.489 e. The van der Waals surface area contributed by atoms with E-state index >= 15 is 0 Å². The summed E-state index contributed by atoms with van der Waals surface area (Å²) in [7, 11) is 0. The highest BCUT2D eigenvalue weighted by molar-refractivity contribution is 6.02. The Morgan fingerprint density at radius 2 is 1.69 bits per heavy atom. The van der Waals surface area contributed by atoms with Crippen LogP contribution in [0.2, 0.25) is 0 Å². The molecule has 2 amide bonds. The van der Waals surface area contributed by atoms with Gasteiger partial charge in [-0.2, -0.15) is 0 Å². The molecule has 2 N–H and O–H groups in total. The van der Waals surface area contributed by atoms with Crippen molar-refractivity contribution in [1.82, 2.24) is 5.32 Å². The summed E-state index contributed by atoms with van der Waals surface area (Å²) in [6, 6.07) is 19.8. The fraction of sp³-hybridized carbons (Fsp3) is 0.222. The molecule has 2 aliphatic rings. The van der Waals surface area contributed by atoms with Crippen molar-refractivity contribution < 1.29 is 29.0 Å². The second-order valence-corrected chi connectivity index (χ2v) is 8.49. The first-order valence-corrected chi connectivity index (χ1v) is 11.4. The average molecular weight is 472 g/mol. The van der Waals surface area contributed by atoms with Gasteiger partial charge >= 0.3 is 12.1 Å². The zero-order valence-corrected chi connectivity index (χ0v) is 19.1. The minimum atomic E-state index is -1.14. The number of para-hydroxylation sites is 1. The highest BCUT2D eigenvalue weighted by atomic mass is 16.5. The Bertz CT molecular complexity index is 1280. The maximum absolute atomic E-state index is 13.1. The molecule has 8 nitrogen and oxygen atoms in total. The monoisotopic (exact) mass is 472 g/mol. The number of alkyl carbamates (subject to hydrolysis) is 1. The molecule has 8 heteroatoms. The zero-order valence-electron chi connectivity index (χ0n) is 19.1. The van der Waals surface area contributed by atoms with Crippen LogP contribution >= 0.6 is 0 Å². The van der Waals surface area contributed by atoms with E-state index in [-0.39, 0.29) is 42.9 Å². The van der Waals surface area contributed by atoms with Crippen molar-refractivity contribution in [3.63, 3.8) is 0 Å². The molecule has 3 aromatic carbocycles. The van der Waals surface area contributed by atoms with Gasteiger partial charge in [0.1, 0.15) is 24.8 Å². The van der Waals surface area contributed by atoms with Crippen LogP contribution in [0.5, 0.6) is 5.75 Å². The number of nitrogens with one attached hydrogen (secondary N) is 1. The third-order valence-electron chi connectivity index (χ3n) is 6.39. The Kier molecular flexibility index (Phi) is 5.86. The van der Waals surface area contributed by atoms with Crippen LogP contribution < -0.4 is 15.0 Å². The first-order valence-electron chi connectivity index (χ1n) is 11.4. The highest BCUT2D eigenvalue weighted by Crippen LogP contribution is 2.44. The molecule has 0 unspecified atom stereocenters. The van der Waals surface area contributed by atoms with E-state index in [0.29, 0.717) is 5.69 Å². The van der Waals surface area contributed by atoms with Gasteiger partial charge in [0.15, 0.2) is 5.75 Å². The number of carbonyl (C=O) groups excluding carboxylic acids is 2. The molecule has 0 fully saturated rings. The van der Waals surface area contributed by atoms with Gasteiger partial charge in [-0.3, -0.25) is 4.79 Å². The lowest BCUT2D eigenvalue weighted by Crippen LogP contribution is -2.49. The van der Waals surface area contributed by atoms with Gasteiger partial charge in [-0.25, -0.2) is 9.59 Å². The Hall–Kier alpha value is -4.33. The van der Waals surface area contributed by atoms with Crippen LogP contribution in [0.4, 0.5) is 10.5 Å². The minimum absolute atomic E-state index is 0.0165. The van der Waals surface area contributed by atoms with Crippen molar-refractivity contribution in [2.24, 2.45) is 0 Å². The molecular weight excluding hydrogens is 448 g/mol. The maximum Gasteiger partial charge on any atom is 0.407 e. The topological polar surface area (TPSA) is 105 Å². The molecule has 1 aliphatic heterocycles. The lowest BCUT2D eigenvalue weighted by molar-refractivity contribution is -0.120. The molecule has 5 rings (SSSR count). The van der Waals surface area contributed by atoms with Gasteiger partial charge < -0.3 is 24.8 Å². The number of nitrogens with zero attached hydrogens (tertiary/aromatic N) is 1. The van der Waals surface area contributed by atoms with Crippen LogP contribution in [0.1, 0.15) is 34.3 Å². The first-order chi connectivity index (χ1) is 17.0. The highest BCUT2D eigenvalue weighted by Gasteiger charge is 2.32. The molecule has 0 bridgehead atoms. The van der Waals surface area contributed by atoms with Crippen LogP contribution in [0.25, 0.3) is 11.1 Å². The molecule has 0 radical (unpaired) electrons. The summed E-state index contributed by atoms with van der Waals surface area (Å²) in [5.41, 5.74) is 4.81. The maximum atomic E-state index is 13.1. The summed E-state index contributed by atoms with van der Waals surface area (Å²) in [5, 5.41) is 12.0. The average Bonchev–Trinajstić information content (AvgIpc) is 3.20. The number of rotatable bonds is 5. The van der Waals surface area contributed by atoms with Crippen molar-refractivity contribution in [2.45, 2.75) is 18.9 Å². The number of hydrogen-bond acceptors (Lipinski definition) is 5. The number of carboxylic acid groups (broad SMARTS) is 1. The van der Waals surface area contributed by atoms with Crippen LogP contribution in [0.3, 0.4) is 0 Å². The summed E-state index contributed by atoms with van der Waals surface area (Å²) in [4.78, 5) is 38.7. The number of ether oxygens (including phenoxy) is 2. The summed E-state index contributed by atoms with van der Waals surface area (Å²) < 4.78 is 11.1. The Balaban J connectivity index is 1.26. The normalized spacial score (nSPS) is 14.7. The standard InChI is InChI=1S/C27H24N2O6/c1-16(25(30)29-13-14-34-24-21(26(31)32)11-6-12-23(24)29)28-27(33)35-15-22-19-9-4-2-7-17(19)18-8-3-5-10-20(18)22/h2-12,16,22H,13-15H2,1H3,(H,28,33)(H,31,32)/t16-/m1/s1. The number of fused-ring (bicyclic) bond motifs is 4. The number of benzene rings is 3. The van der Waals surface area contributed by atoms with Crippen molar-refractivity contribution >= 4 is 23.7 Å².